The minimum absolute atomic E-state index is 0.00420. The maximum absolute atomic E-state index is 12.2. The zero-order valence-electron chi connectivity index (χ0n) is 22.1. The Labute approximate surface area is 234 Å². The molecule has 202 valence electrons. The maximum Gasteiger partial charge on any atom is 0.220 e. The monoisotopic (exact) mass is 532 g/mol. The van der Waals surface area contributed by atoms with Crippen LogP contribution in [0, 0.1) is 0 Å². The van der Waals surface area contributed by atoms with Gasteiger partial charge in [-0.15, -0.1) is 0 Å². The number of ketones is 1. The Hall–Kier alpha value is -4.55. The number of carbonyl (C=O) groups is 3. The molecule has 2 aliphatic rings. The SMILES string of the molecule is O=C1CC[C@@H](C(=O)c2ccc(-c3ccccc3)cc2)N1.O=C1CC[C@@H](C(O)c2ccc(-c3ccccc3)cc2)N1. The Morgan fingerprint density at radius 2 is 1.10 bits per heavy atom. The van der Waals surface area contributed by atoms with Gasteiger partial charge in [0.15, 0.2) is 5.78 Å². The fraction of sp³-hybridized carbons (Fsp3) is 0.206. The van der Waals surface area contributed by atoms with Crippen molar-refractivity contribution in [3.63, 3.8) is 0 Å². The summed E-state index contributed by atoms with van der Waals surface area (Å²) >= 11 is 0. The quantitative estimate of drug-likeness (QED) is 0.287. The number of hydrogen-bond donors (Lipinski definition) is 3. The van der Waals surface area contributed by atoms with Crippen LogP contribution in [0.25, 0.3) is 22.3 Å². The number of Topliss-reactive ketones (excluding diaryl/α,β-unsaturated/α-hetero) is 1. The molecule has 2 aliphatic heterocycles. The highest BCUT2D eigenvalue weighted by Gasteiger charge is 2.29. The van der Waals surface area contributed by atoms with Gasteiger partial charge in [-0.25, -0.2) is 0 Å². The Kier molecular flexibility index (Phi) is 8.47. The third-order valence-electron chi connectivity index (χ3n) is 7.36. The summed E-state index contributed by atoms with van der Waals surface area (Å²) in [7, 11) is 0. The number of benzene rings is 4. The molecule has 1 unspecified atom stereocenters. The highest BCUT2D eigenvalue weighted by molar-refractivity contribution is 6.03. The topological polar surface area (TPSA) is 95.5 Å². The standard InChI is InChI=1S/C17H17NO2.C17H15NO2/c2*19-16-11-10-15(18-16)17(20)14-8-6-13(7-9-14)12-4-2-1-3-5-12/h1-9,15,17,20H,10-11H2,(H,18,19);1-9,15H,10-11H2,(H,18,19)/t15-,17?;15-/m00/s1. The molecular formula is C34H32N2O4. The molecule has 4 aromatic carbocycles. The minimum Gasteiger partial charge on any atom is -0.386 e. The van der Waals surface area contributed by atoms with Gasteiger partial charge in [0, 0.05) is 18.4 Å². The van der Waals surface area contributed by atoms with Crippen LogP contribution in [0.3, 0.4) is 0 Å². The van der Waals surface area contributed by atoms with Crippen LogP contribution >= 0.6 is 0 Å². The summed E-state index contributed by atoms with van der Waals surface area (Å²) in [5.41, 5.74) is 5.98. The molecule has 40 heavy (non-hydrogen) atoms. The molecule has 3 N–H and O–H groups in total. The molecule has 2 amide bonds. The Balaban J connectivity index is 0.000000161. The highest BCUT2D eigenvalue weighted by atomic mass is 16.3. The summed E-state index contributed by atoms with van der Waals surface area (Å²) in [4.78, 5) is 34.6. The second-order valence-corrected chi connectivity index (χ2v) is 10.1. The molecular weight excluding hydrogens is 500 g/mol. The average molecular weight is 533 g/mol. The van der Waals surface area contributed by atoms with Crippen molar-refractivity contribution in [1.29, 1.82) is 0 Å². The summed E-state index contributed by atoms with van der Waals surface area (Å²) in [6.07, 6.45) is 1.60. The number of rotatable bonds is 6. The van der Waals surface area contributed by atoms with Crippen LogP contribution in [0.5, 0.6) is 0 Å². The molecule has 6 heteroatoms. The summed E-state index contributed by atoms with van der Waals surface area (Å²) < 4.78 is 0. The van der Waals surface area contributed by atoms with Gasteiger partial charge in [-0.05, 0) is 40.7 Å². The lowest BCUT2D eigenvalue weighted by molar-refractivity contribution is -0.120. The molecule has 0 aliphatic carbocycles. The van der Waals surface area contributed by atoms with E-state index in [9.17, 15) is 19.5 Å². The summed E-state index contributed by atoms with van der Waals surface area (Å²) in [5.74, 6) is -0.0188. The predicted octanol–water partition coefficient (Wildman–Crippen LogP) is 5.48. The molecule has 0 spiro atoms. The molecule has 0 saturated carbocycles. The van der Waals surface area contributed by atoms with Gasteiger partial charge in [0.1, 0.15) is 0 Å². The fourth-order valence-corrected chi connectivity index (χ4v) is 5.08. The van der Waals surface area contributed by atoms with E-state index < -0.39 is 6.10 Å². The van der Waals surface area contributed by atoms with Crippen molar-refractivity contribution in [2.24, 2.45) is 0 Å². The Morgan fingerprint density at radius 3 is 1.57 bits per heavy atom. The van der Waals surface area contributed by atoms with E-state index in [4.69, 9.17) is 0 Å². The lowest BCUT2D eigenvalue weighted by Gasteiger charge is -2.18. The van der Waals surface area contributed by atoms with E-state index in [1.54, 1.807) is 0 Å². The molecule has 0 aromatic heterocycles. The van der Waals surface area contributed by atoms with Gasteiger partial charge in [-0.2, -0.15) is 0 Å². The minimum atomic E-state index is -0.633. The second kappa shape index (κ2) is 12.5. The Bertz CT molecular complexity index is 1450. The third kappa shape index (κ3) is 6.53. The highest BCUT2D eigenvalue weighted by Crippen LogP contribution is 2.26. The first-order valence-corrected chi connectivity index (χ1v) is 13.6. The number of aliphatic hydroxyl groups is 1. The van der Waals surface area contributed by atoms with Crippen molar-refractivity contribution in [3.05, 3.63) is 120 Å². The second-order valence-electron chi connectivity index (χ2n) is 10.1. The first-order chi connectivity index (χ1) is 19.5. The van der Waals surface area contributed by atoms with Crippen LogP contribution in [0.2, 0.25) is 0 Å². The van der Waals surface area contributed by atoms with Gasteiger partial charge in [-0.1, -0.05) is 109 Å². The maximum atomic E-state index is 12.2. The van der Waals surface area contributed by atoms with E-state index in [-0.39, 0.29) is 29.7 Å². The molecule has 6 nitrogen and oxygen atoms in total. The van der Waals surface area contributed by atoms with Gasteiger partial charge in [0.2, 0.25) is 11.8 Å². The zero-order valence-corrected chi connectivity index (χ0v) is 22.1. The number of carbonyl (C=O) groups excluding carboxylic acids is 3. The molecule has 2 fully saturated rings. The number of aliphatic hydroxyl groups excluding tert-OH is 1. The molecule has 0 radical (unpaired) electrons. The van der Waals surface area contributed by atoms with Crippen LogP contribution in [0.4, 0.5) is 0 Å². The zero-order chi connectivity index (χ0) is 27.9. The van der Waals surface area contributed by atoms with Crippen LogP contribution < -0.4 is 10.6 Å². The number of amides is 2. The smallest absolute Gasteiger partial charge is 0.220 e. The molecule has 2 saturated heterocycles. The van der Waals surface area contributed by atoms with E-state index >= 15 is 0 Å². The normalized spacial score (nSPS) is 18.7. The van der Waals surface area contributed by atoms with E-state index in [2.05, 4.69) is 22.8 Å². The molecule has 4 aromatic rings. The van der Waals surface area contributed by atoms with Crippen LogP contribution in [0.15, 0.2) is 109 Å². The summed E-state index contributed by atoms with van der Waals surface area (Å²) in [5, 5.41) is 15.8. The number of nitrogens with one attached hydrogen (secondary N) is 2. The van der Waals surface area contributed by atoms with Gasteiger partial charge < -0.3 is 15.7 Å². The predicted molar refractivity (Wildman–Crippen MR) is 155 cm³/mol. The Morgan fingerprint density at radius 1 is 0.625 bits per heavy atom. The third-order valence-corrected chi connectivity index (χ3v) is 7.36. The van der Waals surface area contributed by atoms with Gasteiger partial charge >= 0.3 is 0 Å². The van der Waals surface area contributed by atoms with Crippen LogP contribution in [0.1, 0.15) is 47.7 Å². The van der Waals surface area contributed by atoms with E-state index in [0.29, 0.717) is 31.2 Å². The molecule has 0 bridgehead atoms. The van der Waals surface area contributed by atoms with E-state index in [1.807, 2.05) is 97.1 Å². The van der Waals surface area contributed by atoms with Crippen LogP contribution in [-0.4, -0.2) is 34.8 Å². The van der Waals surface area contributed by atoms with Crippen molar-refractivity contribution in [1.82, 2.24) is 10.6 Å². The number of hydrogen-bond acceptors (Lipinski definition) is 4. The summed E-state index contributed by atoms with van der Waals surface area (Å²) in [6, 6.07) is 35.0. The van der Waals surface area contributed by atoms with Gasteiger partial charge in [0.25, 0.3) is 0 Å². The lowest BCUT2D eigenvalue weighted by Crippen LogP contribution is -2.33. The summed E-state index contributed by atoms with van der Waals surface area (Å²) in [6.45, 7) is 0. The molecule has 6 rings (SSSR count). The first-order valence-electron chi connectivity index (χ1n) is 13.6. The van der Waals surface area contributed by atoms with Gasteiger partial charge in [0.05, 0.1) is 18.2 Å². The van der Waals surface area contributed by atoms with Crippen molar-refractivity contribution in [3.8, 4) is 22.3 Å². The van der Waals surface area contributed by atoms with Crippen molar-refractivity contribution in [2.75, 3.05) is 0 Å². The fourth-order valence-electron chi connectivity index (χ4n) is 5.08. The van der Waals surface area contributed by atoms with Crippen molar-refractivity contribution >= 4 is 17.6 Å². The van der Waals surface area contributed by atoms with E-state index in [0.717, 1.165) is 27.8 Å². The lowest BCUT2D eigenvalue weighted by atomic mass is 9.98. The van der Waals surface area contributed by atoms with E-state index in [1.165, 1.54) is 0 Å². The van der Waals surface area contributed by atoms with Crippen molar-refractivity contribution in [2.45, 2.75) is 43.9 Å². The molecule has 2 heterocycles. The van der Waals surface area contributed by atoms with Crippen LogP contribution in [-0.2, 0) is 9.59 Å². The molecule has 3 atom stereocenters. The first kappa shape index (κ1) is 27.0. The van der Waals surface area contributed by atoms with Gasteiger partial charge in [-0.3, -0.25) is 14.4 Å². The average Bonchev–Trinajstić information content (AvgIpc) is 3.66. The largest absolute Gasteiger partial charge is 0.386 e. The van der Waals surface area contributed by atoms with Crippen molar-refractivity contribution < 1.29 is 19.5 Å².